The highest BCUT2D eigenvalue weighted by Gasteiger charge is 2.31. The van der Waals surface area contributed by atoms with Gasteiger partial charge in [0.05, 0.1) is 0 Å². The van der Waals surface area contributed by atoms with Crippen molar-refractivity contribution in [2.45, 2.75) is 341 Å². The normalized spacial score (nSPS) is 12.8. The minimum absolute atomic E-state index is 0.0905. The minimum atomic E-state index is -1.49. The van der Waals surface area contributed by atoms with E-state index < -0.39 is 71.9 Å². The highest BCUT2D eigenvalue weighted by Crippen LogP contribution is 2.14. The van der Waals surface area contributed by atoms with Gasteiger partial charge in [-0.1, -0.05) is 207 Å². The van der Waals surface area contributed by atoms with E-state index in [9.17, 15) is 33.6 Å². The van der Waals surface area contributed by atoms with Crippen molar-refractivity contribution in [3.05, 3.63) is 0 Å². The van der Waals surface area contributed by atoms with Crippen LogP contribution in [0.1, 0.15) is 317 Å². The first-order valence-corrected chi connectivity index (χ1v) is 35.5. The number of unbranched alkanes of at least 4 members (excludes halogenated alkanes) is 33. The summed E-state index contributed by atoms with van der Waals surface area (Å²) in [5, 5.41) is 24.6. The lowest BCUT2D eigenvalue weighted by molar-refractivity contribution is -0.133. The molecule has 15 N–H and O–H groups in total. The molecule has 0 aliphatic heterocycles. The summed E-state index contributed by atoms with van der Waals surface area (Å²) < 4.78 is 0. The number of amides is 7. The highest BCUT2D eigenvalue weighted by atomic mass is 16.2. The largest absolute Gasteiger partial charge is 0.370 e. The molecule has 0 saturated carbocycles. The number of hydrazone groups is 4. The molecule has 4 atom stereocenters. The fourth-order valence-electron chi connectivity index (χ4n) is 9.99. The first-order chi connectivity index (χ1) is 44.2. The quantitative estimate of drug-likeness (QED) is 0.0118. The fraction of sp³-hybridized carbons (Fsp3) is 0.806. The first-order valence-electron chi connectivity index (χ1n) is 35.5. The van der Waals surface area contributed by atoms with Gasteiger partial charge >= 0.3 is 0 Å². The summed E-state index contributed by atoms with van der Waals surface area (Å²) in [6.07, 6.45) is 45.5. The molecule has 0 aromatic rings. The maximum absolute atomic E-state index is 14.6. The van der Waals surface area contributed by atoms with Gasteiger partial charge in [0.2, 0.25) is 29.5 Å². The van der Waals surface area contributed by atoms with Crippen molar-refractivity contribution >= 4 is 78.1 Å². The molecule has 0 fully saturated rings. The summed E-state index contributed by atoms with van der Waals surface area (Å²) in [7, 11) is 0. The molecule has 0 aliphatic rings. The third-order valence-corrected chi connectivity index (χ3v) is 15.5. The molecule has 0 rings (SSSR count). The van der Waals surface area contributed by atoms with Gasteiger partial charge in [0.25, 0.3) is 11.8 Å². The molecule has 0 radical (unpaired) electrons. The van der Waals surface area contributed by atoms with Crippen molar-refractivity contribution < 1.29 is 33.6 Å². The Hall–Kier alpha value is -6.49. The van der Waals surface area contributed by atoms with E-state index in [1.165, 1.54) is 122 Å². The molecule has 24 nitrogen and oxygen atoms in total. The van der Waals surface area contributed by atoms with Crippen molar-refractivity contribution in [2.75, 3.05) is 6.54 Å². The number of rotatable bonds is 62. The van der Waals surface area contributed by atoms with Crippen molar-refractivity contribution in [1.29, 1.82) is 0 Å². The van der Waals surface area contributed by atoms with Crippen LogP contribution >= 0.6 is 0 Å². The zero-order valence-corrected chi connectivity index (χ0v) is 57.0. The molecule has 24 heteroatoms. The van der Waals surface area contributed by atoms with Crippen LogP contribution in [-0.4, -0.2) is 109 Å². The third kappa shape index (κ3) is 54.9. The molecule has 0 aromatic carbocycles. The van der Waals surface area contributed by atoms with E-state index in [0.29, 0.717) is 38.5 Å². The van der Waals surface area contributed by atoms with E-state index in [0.717, 1.165) is 83.5 Å². The predicted octanol–water partition coefficient (Wildman–Crippen LogP) is 10.4. The van der Waals surface area contributed by atoms with E-state index in [-0.39, 0.29) is 57.0 Å². The summed E-state index contributed by atoms with van der Waals surface area (Å²) >= 11 is 0. The Morgan fingerprint density at radius 3 is 0.978 bits per heavy atom. The summed E-state index contributed by atoms with van der Waals surface area (Å²) in [6, 6.07) is -5.26. The molecule has 0 saturated heterocycles. The smallest absolute Gasteiger partial charge is 0.262 e. The topological polar surface area (TPSA) is 382 Å². The zero-order valence-electron chi connectivity index (χ0n) is 57.0. The number of nitrogens with two attached hydrogens (primary N) is 4. The molecule has 7 amide bonds. The summed E-state index contributed by atoms with van der Waals surface area (Å²) in [5.74, 6) is -5.15. The van der Waals surface area contributed by atoms with Crippen LogP contribution in [0.5, 0.6) is 0 Å². The monoisotopic (exact) mass is 1280 g/mol. The van der Waals surface area contributed by atoms with E-state index in [1.54, 1.807) is 24.9 Å². The summed E-state index contributed by atoms with van der Waals surface area (Å²) in [4.78, 5) is 105. The average molecular weight is 1280 g/mol. The number of nitrogens with zero attached hydrogens (tertiary/aromatic N) is 6. The lowest BCUT2D eigenvalue weighted by atomic mass is 10.0. The van der Waals surface area contributed by atoms with Gasteiger partial charge in [0.1, 0.15) is 24.2 Å². The fourth-order valence-corrected chi connectivity index (χ4v) is 9.99. The second-order valence-corrected chi connectivity index (χ2v) is 24.1. The lowest BCUT2D eigenvalue weighted by Gasteiger charge is -2.24. The molecule has 0 aliphatic carbocycles. The zero-order chi connectivity index (χ0) is 67.1. The molecule has 0 aromatic heterocycles. The van der Waals surface area contributed by atoms with Crippen LogP contribution in [0, 0.1) is 0 Å². The minimum Gasteiger partial charge on any atom is -0.370 e. The van der Waals surface area contributed by atoms with Gasteiger partial charge in [-0.15, -0.1) is 0 Å². The number of aliphatic imine (C=N–C) groups is 2. The molecular formula is C67H127N17O7. The maximum atomic E-state index is 14.6. The maximum Gasteiger partial charge on any atom is 0.262 e. The number of carbonyl (C=O) groups excluding carboxylic acids is 7. The Bertz CT molecular complexity index is 2080. The average Bonchev–Trinajstić information content (AvgIpc) is 1.91. The van der Waals surface area contributed by atoms with Crippen LogP contribution in [-0.2, 0) is 33.6 Å². The van der Waals surface area contributed by atoms with Crippen LogP contribution in [0.3, 0.4) is 0 Å². The molecule has 522 valence electrons. The third-order valence-electron chi connectivity index (χ3n) is 15.5. The Morgan fingerprint density at radius 1 is 0.319 bits per heavy atom. The van der Waals surface area contributed by atoms with Crippen LogP contribution in [0.2, 0.25) is 0 Å². The molecule has 0 bridgehead atoms. The first kappa shape index (κ1) is 84.5. The van der Waals surface area contributed by atoms with Gasteiger partial charge in [-0.3, -0.25) is 38.6 Å². The van der Waals surface area contributed by atoms with Gasteiger partial charge in [-0.25, -0.2) is 26.7 Å². The van der Waals surface area contributed by atoms with E-state index in [1.807, 2.05) is 0 Å². The predicted molar refractivity (Wildman–Crippen MR) is 373 cm³/mol. The van der Waals surface area contributed by atoms with Crippen molar-refractivity contribution in [3.63, 3.8) is 0 Å². The number of carbonyl (C=O) groups is 7. The Kier molecular flexibility index (Phi) is 57.9. The van der Waals surface area contributed by atoms with Crippen LogP contribution in [0.4, 0.5) is 0 Å². The molecule has 0 spiro atoms. The van der Waals surface area contributed by atoms with Gasteiger partial charge in [-0.2, -0.15) is 20.4 Å². The number of hydrogen-bond donors (Lipinski definition) is 11. The number of hydrogen-bond acceptors (Lipinski definition) is 13. The Morgan fingerprint density at radius 2 is 0.626 bits per heavy atom. The van der Waals surface area contributed by atoms with E-state index in [4.69, 9.17) is 22.9 Å². The van der Waals surface area contributed by atoms with Crippen molar-refractivity contribution in [2.24, 2.45) is 53.3 Å². The second-order valence-electron chi connectivity index (χ2n) is 24.1. The van der Waals surface area contributed by atoms with Crippen molar-refractivity contribution in [1.82, 2.24) is 37.7 Å². The Balaban J connectivity index is 6.62. The standard InChI is InChI=1S/C67H127N17O7/c1-5-9-13-17-21-25-29-33-38-51-73-81-60(86)48-45-57(64(90)83-75-53-40-35-31-27-23-19-15-11-7-3)77-59(85)47-44-56(78-62(88)55(80-67(70)71)43-37-42-50-72-66(68)69)63(89)79-58(65(91)84-76-54-41-36-32-28-24-20-16-12-8-4)46-49-61(87)82-74-52-39-34-30-26-22-18-14-10-6-2/h51-58H,5-50H2,1-4H3,(H,77,85)(H,78,88)(H,79,89)(H,81,86)(H,82,87)(H,83,90)(H,84,91)(H4,68,69,72)(H4,70,71,80)/b73-51+,74-52+,75-53+,76-54+/t55-,56-,57-,58-/m0/s1. The van der Waals surface area contributed by atoms with Crippen molar-refractivity contribution in [3.8, 4) is 0 Å². The molecule has 0 unspecified atom stereocenters. The highest BCUT2D eigenvalue weighted by molar-refractivity contribution is 5.95. The van der Waals surface area contributed by atoms with Gasteiger partial charge in [0, 0.05) is 50.7 Å². The van der Waals surface area contributed by atoms with Gasteiger partial charge in [0.15, 0.2) is 11.9 Å². The SMILES string of the molecule is CCCCCCCCCC/C=N/NC(=O)CC[C@H](NC(=O)CC[C@H](NC(=O)[C@H](CCCCN=C(N)N)N=C(N)N)C(=O)N[C@@H](CCC(=O)N/N=C/CCCCCCCCCC)C(=O)N/N=C/CCCCCCCCCC)C(=O)N/N=C/CCCCCCCCCC. The second kappa shape index (κ2) is 62.3. The summed E-state index contributed by atoms with van der Waals surface area (Å²) in [5.41, 5.74) is 32.6. The van der Waals surface area contributed by atoms with E-state index in [2.05, 4.69) is 95.7 Å². The van der Waals surface area contributed by atoms with Crippen LogP contribution in [0.25, 0.3) is 0 Å². The van der Waals surface area contributed by atoms with Gasteiger partial charge < -0.3 is 38.9 Å². The number of guanidine groups is 2. The van der Waals surface area contributed by atoms with Gasteiger partial charge in [-0.05, 0) is 89.9 Å². The summed E-state index contributed by atoms with van der Waals surface area (Å²) in [6.45, 7) is 9.06. The Labute approximate surface area is 547 Å². The number of nitrogens with one attached hydrogen (secondary N) is 7. The lowest BCUT2D eigenvalue weighted by Crippen LogP contribution is -2.55. The van der Waals surface area contributed by atoms with E-state index >= 15 is 0 Å². The van der Waals surface area contributed by atoms with Crippen LogP contribution in [0.15, 0.2) is 30.4 Å². The molecular weight excluding hydrogens is 1150 g/mol. The van der Waals surface area contributed by atoms with Crippen LogP contribution < -0.4 is 60.6 Å². The molecule has 91 heavy (non-hydrogen) atoms. The molecule has 0 heterocycles.